The number of nitrogens with one attached hydrogen (secondary N) is 2. The molecule has 7 nitrogen and oxygen atoms in total. The van der Waals surface area contributed by atoms with Crippen molar-refractivity contribution in [1.82, 2.24) is 10.6 Å². The fourth-order valence-electron chi connectivity index (χ4n) is 1.53. The quantitative estimate of drug-likeness (QED) is 0.515. The summed E-state index contributed by atoms with van der Waals surface area (Å²) in [6.45, 7) is 2.89. The van der Waals surface area contributed by atoms with Crippen molar-refractivity contribution in [3.8, 4) is 0 Å². The van der Waals surface area contributed by atoms with Crippen molar-refractivity contribution in [1.29, 1.82) is 0 Å². The molecule has 0 heterocycles. The number of rotatable bonds is 5. The van der Waals surface area contributed by atoms with Gasteiger partial charge in [0.2, 0.25) is 5.91 Å². The van der Waals surface area contributed by atoms with E-state index < -0.39 is 29.5 Å². The maximum atomic E-state index is 11.5. The van der Waals surface area contributed by atoms with E-state index in [9.17, 15) is 14.4 Å². The van der Waals surface area contributed by atoms with Crippen LogP contribution in [-0.4, -0.2) is 34.6 Å². The van der Waals surface area contributed by atoms with Crippen molar-refractivity contribution < 1.29 is 19.5 Å². The Bertz CT molecular complexity index is 353. The van der Waals surface area contributed by atoms with Crippen molar-refractivity contribution >= 4 is 17.9 Å². The Morgan fingerprint density at radius 1 is 1.41 bits per heavy atom. The molecule has 1 fully saturated rings. The lowest BCUT2D eigenvalue weighted by Gasteiger charge is -2.26. The number of nitrogens with two attached hydrogens (primary N) is 1. The Kier molecular flexibility index (Phi) is 3.59. The molecule has 0 aromatic carbocycles. The molecule has 0 radical (unpaired) electrons. The van der Waals surface area contributed by atoms with E-state index in [1.54, 1.807) is 0 Å². The number of carboxylic acid groups (broad SMARTS) is 1. The summed E-state index contributed by atoms with van der Waals surface area (Å²) in [5.74, 6) is -1.82. The van der Waals surface area contributed by atoms with Crippen LogP contribution in [0.2, 0.25) is 0 Å². The Morgan fingerprint density at radius 2 is 1.94 bits per heavy atom. The van der Waals surface area contributed by atoms with Gasteiger partial charge in [0.1, 0.15) is 11.6 Å². The van der Waals surface area contributed by atoms with Gasteiger partial charge in [-0.05, 0) is 32.6 Å². The molecule has 1 aliphatic carbocycles. The van der Waals surface area contributed by atoms with Crippen LogP contribution in [-0.2, 0) is 9.59 Å². The first-order chi connectivity index (χ1) is 7.77. The first-order valence-electron chi connectivity index (χ1n) is 5.38. The molecule has 17 heavy (non-hydrogen) atoms. The molecule has 0 aliphatic heterocycles. The minimum atomic E-state index is -1.29. The van der Waals surface area contributed by atoms with E-state index in [2.05, 4.69) is 10.6 Å². The van der Waals surface area contributed by atoms with Crippen molar-refractivity contribution in [2.24, 2.45) is 11.7 Å². The molecule has 0 aromatic rings. The Labute approximate surface area is 98.7 Å². The Morgan fingerprint density at radius 3 is 2.29 bits per heavy atom. The number of aliphatic carboxylic acids is 1. The highest BCUT2D eigenvalue weighted by molar-refractivity contribution is 5.89. The van der Waals surface area contributed by atoms with Crippen LogP contribution in [0.5, 0.6) is 0 Å². The number of urea groups is 1. The van der Waals surface area contributed by atoms with Gasteiger partial charge in [-0.3, -0.25) is 4.79 Å². The summed E-state index contributed by atoms with van der Waals surface area (Å²) in [5.41, 5.74) is 3.69. The monoisotopic (exact) mass is 243 g/mol. The fraction of sp³-hybridized carbons (Fsp3) is 0.700. The largest absolute Gasteiger partial charge is 0.480 e. The first-order valence-corrected chi connectivity index (χ1v) is 5.38. The first kappa shape index (κ1) is 13.3. The molecule has 7 heteroatoms. The maximum absolute atomic E-state index is 11.5. The van der Waals surface area contributed by atoms with Crippen LogP contribution in [0.1, 0.15) is 26.7 Å². The van der Waals surface area contributed by atoms with Gasteiger partial charge in [-0.1, -0.05) is 0 Å². The summed E-state index contributed by atoms with van der Waals surface area (Å²) in [5, 5.41) is 13.8. The molecule has 2 unspecified atom stereocenters. The third-order valence-electron chi connectivity index (χ3n) is 2.99. The molecule has 1 rings (SSSR count). The van der Waals surface area contributed by atoms with Gasteiger partial charge in [0.15, 0.2) is 0 Å². The zero-order chi connectivity index (χ0) is 13.2. The van der Waals surface area contributed by atoms with Crippen LogP contribution >= 0.6 is 0 Å². The average Bonchev–Trinajstić information content (AvgIpc) is 2.99. The number of hydrogen-bond donors (Lipinski definition) is 4. The lowest BCUT2D eigenvalue weighted by Crippen LogP contribution is -2.58. The van der Waals surface area contributed by atoms with Gasteiger partial charge < -0.3 is 21.5 Å². The number of carbonyl (C=O) groups excluding carboxylic acids is 2. The van der Waals surface area contributed by atoms with Crippen LogP contribution < -0.4 is 16.4 Å². The van der Waals surface area contributed by atoms with Crippen molar-refractivity contribution in [3.05, 3.63) is 0 Å². The van der Waals surface area contributed by atoms with E-state index in [4.69, 9.17) is 10.8 Å². The second kappa shape index (κ2) is 4.60. The van der Waals surface area contributed by atoms with Crippen molar-refractivity contribution in [3.63, 3.8) is 0 Å². The van der Waals surface area contributed by atoms with Crippen LogP contribution in [0.4, 0.5) is 4.79 Å². The summed E-state index contributed by atoms with van der Waals surface area (Å²) in [6.07, 6.45) is 1.54. The van der Waals surface area contributed by atoms with Gasteiger partial charge in [0.05, 0.1) is 0 Å². The van der Waals surface area contributed by atoms with E-state index in [1.807, 2.05) is 0 Å². The van der Waals surface area contributed by atoms with Gasteiger partial charge in [-0.25, -0.2) is 9.59 Å². The normalized spacial score (nSPS) is 19.9. The molecule has 96 valence electrons. The molecule has 2 atom stereocenters. The number of hydrogen-bond acceptors (Lipinski definition) is 3. The molecule has 0 saturated heterocycles. The molecule has 0 bridgehead atoms. The van der Waals surface area contributed by atoms with E-state index in [0.717, 1.165) is 12.8 Å². The second-order valence-corrected chi connectivity index (χ2v) is 4.50. The van der Waals surface area contributed by atoms with E-state index in [1.165, 1.54) is 13.8 Å². The second-order valence-electron chi connectivity index (χ2n) is 4.50. The van der Waals surface area contributed by atoms with E-state index >= 15 is 0 Å². The predicted octanol–water partition coefficient (Wildman–Crippen LogP) is -0.587. The smallest absolute Gasteiger partial charge is 0.329 e. The van der Waals surface area contributed by atoms with Gasteiger partial charge in [0.25, 0.3) is 0 Å². The molecular weight excluding hydrogens is 226 g/mol. The van der Waals surface area contributed by atoms with Crippen LogP contribution in [0.15, 0.2) is 0 Å². The standard InChI is InChI=1S/C10H17N3O4/c1-5(7(11)14)12-9(17)13-10(2,8(15)16)6-3-4-6/h5-6H,3-4H2,1-2H3,(H2,11,14)(H,15,16)(H2,12,13,17). The third kappa shape index (κ3) is 3.08. The topological polar surface area (TPSA) is 122 Å². The lowest BCUT2D eigenvalue weighted by atomic mass is 9.96. The maximum Gasteiger partial charge on any atom is 0.329 e. The van der Waals surface area contributed by atoms with Crippen LogP contribution in [0.25, 0.3) is 0 Å². The van der Waals surface area contributed by atoms with Crippen molar-refractivity contribution in [2.45, 2.75) is 38.3 Å². The summed E-state index contributed by atoms with van der Waals surface area (Å²) < 4.78 is 0. The van der Waals surface area contributed by atoms with Gasteiger partial charge in [-0.2, -0.15) is 0 Å². The summed E-state index contributed by atoms with van der Waals surface area (Å²) in [7, 11) is 0. The summed E-state index contributed by atoms with van der Waals surface area (Å²) in [6, 6.07) is -1.54. The highest BCUT2D eigenvalue weighted by Gasteiger charge is 2.48. The molecule has 5 N–H and O–H groups in total. The average molecular weight is 243 g/mol. The zero-order valence-corrected chi connectivity index (χ0v) is 9.82. The Balaban J connectivity index is 2.59. The molecule has 1 saturated carbocycles. The Hall–Kier alpha value is -1.79. The van der Waals surface area contributed by atoms with E-state index in [-0.39, 0.29) is 5.92 Å². The van der Waals surface area contributed by atoms with E-state index in [0.29, 0.717) is 0 Å². The number of amides is 3. The molecular formula is C10H17N3O4. The predicted molar refractivity (Wildman–Crippen MR) is 59.1 cm³/mol. The highest BCUT2D eigenvalue weighted by atomic mass is 16.4. The fourth-order valence-corrected chi connectivity index (χ4v) is 1.53. The number of carbonyl (C=O) groups is 3. The van der Waals surface area contributed by atoms with Crippen LogP contribution in [0, 0.1) is 5.92 Å². The minimum absolute atomic E-state index is 0.0605. The number of primary amides is 1. The SMILES string of the molecule is CC(NC(=O)NC(C)(C(=O)O)C1CC1)C(N)=O. The third-order valence-corrected chi connectivity index (χ3v) is 2.99. The van der Waals surface area contributed by atoms with Gasteiger partial charge in [-0.15, -0.1) is 0 Å². The summed E-state index contributed by atoms with van der Waals surface area (Å²) in [4.78, 5) is 33.4. The zero-order valence-electron chi connectivity index (χ0n) is 9.82. The molecule has 3 amide bonds. The van der Waals surface area contributed by atoms with Crippen LogP contribution in [0.3, 0.4) is 0 Å². The highest BCUT2D eigenvalue weighted by Crippen LogP contribution is 2.39. The molecule has 1 aliphatic rings. The molecule has 0 aromatic heterocycles. The number of carboxylic acids is 1. The van der Waals surface area contributed by atoms with Gasteiger partial charge >= 0.3 is 12.0 Å². The lowest BCUT2D eigenvalue weighted by molar-refractivity contribution is -0.144. The minimum Gasteiger partial charge on any atom is -0.480 e. The summed E-state index contributed by atoms with van der Waals surface area (Å²) >= 11 is 0. The molecule has 0 spiro atoms. The van der Waals surface area contributed by atoms with Gasteiger partial charge in [0, 0.05) is 0 Å². The van der Waals surface area contributed by atoms with Crippen molar-refractivity contribution in [2.75, 3.05) is 0 Å².